The molecule has 0 spiro atoms. The van der Waals surface area contributed by atoms with Gasteiger partial charge >= 0.3 is 7.60 Å². The van der Waals surface area contributed by atoms with Gasteiger partial charge in [-0.3, -0.25) is 4.57 Å². The Bertz CT molecular complexity index is 314. The summed E-state index contributed by atoms with van der Waals surface area (Å²) in [5, 5.41) is 0. The molecule has 0 amide bonds. The van der Waals surface area contributed by atoms with Crippen LogP contribution in [0.25, 0.3) is 0 Å². The second-order valence-corrected chi connectivity index (χ2v) is 5.07. The topological polar surface area (TPSA) is 35.5 Å². The van der Waals surface area contributed by atoms with Gasteiger partial charge in [-0.15, -0.1) is 0 Å². The van der Waals surface area contributed by atoms with Gasteiger partial charge in [-0.2, -0.15) is 0 Å². The van der Waals surface area contributed by atoms with Gasteiger partial charge in [0.25, 0.3) is 0 Å². The molecular formula is C11H16O3P. The van der Waals surface area contributed by atoms with E-state index in [1.807, 2.05) is 26.0 Å². The molecule has 0 atom stereocenters. The second-order valence-electron chi connectivity index (χ2n) is 3.02. The molecular weight excluding hydrogens is 211 g/mol. The fourth-order valence-electron chi connectivity index (χ4n) is 1.27. The molecule has 0 saturated carbocycles. The van der Waals surface area contributed by atoms with E-state index >= 15 is 0 Å². The maximum absolute atomic E-state index is 12.1. The first-order chi connectivity index (χ1) is 7.20. The van der Waals surface area contributed by atoms with Crippen LogP contribution in [0.4, 0.5) is 0 Å². The van der Waals surface area contributed by atoms with E-state index in [0.717, 1.165) is 5.56 Å². The van der Waals surface area contributed by atoms with Crippen molar-refractivity contribution in [2.75, 3.05) is 13.2 Å². The predicted molar refractivity (Wildman–Crippen MR) is 59.8 cm³/mol. The van der Waals surface area contributed by atoms with Crippen molar-refractivity contribution in [3.63, 3.8) is 0 Å². The Kier molecular flexibility index (Phi) is 5.03. The number of hydrogen-bond acceptors (Lipinski definition) is 3. The van der Waals surface area contributed by atoms with Gasteiger partial charge in [-0.1, -0.05) is 24.3 Å². The third kappa shape index (κ3) is 4.17. The van der Waals surface area contributed by atoms with E-state index in [9.17, 15) is 4.57 Å². The summed E-state index contributed by atoms with van der Waals surface area (Å²) in [7, 11) is -2.96. The minimum atomic E-state index is -2.96. The molecule has 1 aromatic carbocycles. The van der Waals surface area contributed by atoms with E-state index in [0.29, 0.717) is 19.4 Å². The fraction of sp³-hybridized carbons (Fsp3) is 0.455. The molecule has 0 aromatic heterocycles. The van der Waals surface area contributed by atoms with Gasteiger partial charge in [-0.25, -0.2) is 0 Å². The molecule has 0 unspecified atom stereocenters. The molecule has 3 nitrogen and oxygen atoms in total. The first-order valence-corrected chi connectivity index (χ1v) is 6.76. The molecule has 0 aliphatic rings. The maximum Gasteiger partial charge on any atom is 0.335 e. The van der Waals surface area contributed by atoms with E-state index < -0.39 is 7.60 Å². The van der Waals surface area contributed by atoms with Gasteiger partial charge in [0.1, 0.15) is 0 Å². The van der Waals surface area contributed by atoms with E-state index in [-0.39, 0.29) is 0 Å². The number of benzene rings is 1. The molecule has 4 heteroatoms. The third-order valence-corrected chi connectivity index (χ3v) is 3.85. The lowest BCUT2D eigenvalue weighted by Gasteiger charge is -2.16. The van der Waals surface area contributed by atoms with Crippen molar-refractivity contribution < 1.29 is 13.6 Å². The van der Waals surface area contributed by atoms with Gasteiger partial charge in [0.2, 0.25) is 0 Å². The highest BCUT2D eigenvalue weighted by molar-refractivity contribution is 7.53. The van der Waals surface area contributed by atoms with Crippen LogP contribution in [-0.2, 0) is 19.8 Å². The van der Waals surface area contributed by atoms with Gasteiger partial charge < -0.3 is 9.05 Å². The Morgan fingerprint density at radius 3 is 2.47 bits per heavy atom. The SMILES string of the molecule is CCOP(=O)(Cc1c[c]ccc1)OCC. The molecule has 0 N–H and O–H groups in total. The summed E-state index contributed by atoms with van der Waals surface area (Å²) in [6.07, 6.45) is 0.312. The second kappa shape index (κ2) is 6.06. The molecule has 1 aromatic rings. The highest BCUT2D eigenvalue weighted by Gasteiger charge is 2.23. The van der Waals surface area contributed by atoms with E-state index in [4.69, 9.17) is 9.05 Å². The van der Waals surface area contributed by atoms with Crippen molar-refractivity contribution in [1.82, 2.24) is 0 Å². The fourth-order valence-corrected chi connectivity index (χ4v) is 2.96. The highest BCUT2D eigenvalue weighted by atomic mass is 31.2. The van der Waals surface area contributed by atoms with Crippen LogP contribution >= 0.6 is 7.60 Å². The van der Waals surface area contributed by atoms with Crippen molar-refractivity contribution in [2.24, 2.45) is 0 Å². The minimum Gasteiger partial charge on any atom is -0.309 e. The molecule has 0 aliphatic carbocycles. The zero-order valence-electron chi connectivity index (χ0n) is 9.10. The van der Waals surface area contributed by atoms with Gasteiger partial charge in [0.15, 0.2) is 0 Å². The molecule has 1 rings (SSSR count). The summed E-state index contributed by atoms with van der Waals surface area (Å²) in [4.78, 5) is 0. The molecule has 0 bridgehead atoms. The van der Waals surface area contributed by atoms with Crippen LogP contribution in [0.1, 0.15) is 19.4 Å². The largest absolute Gasteiger partial charge is 0.335 e. The Morgan fingerprint density at radius 1 is 1.33 bits per heavy atom. The average Bonchev–Trinajstić information content (AvgIpc) is 2.19. The Hall–Kier alpha value is -0.630. The molecule has 15 heavy (non-hydrogen) atoms. The summed E-state index contributed by atoms with van der Waals surface area (Å²) < 4.78 is 22.5. The summed E-state index contributed by atoms with van der Waals surface area (Å²) in [6.45, 7) is 4.41. The molecule has 1 radical (unpaired) electrons. The Morgan fingerprint density at radius 2 is 2.00 bits per heavy atom. The zero-order chi connectivity index (χ0) is 11.1. The number of rotatable bonds is 6. The van der Waals surface area contributed by atoms with Crippen LogP contribution in [-0.4, -0.2) is 13.2 Å². The minimum absolute atomic E-state index is 0.312. The van der Waals surface area contributed by atoms with E-state index in [1.165, 1.54) is 0 Å². The van der Waals surface area contributed by atoms with Crippen molar-refractivity contribution in [3.8, 4) is 0 Å². The van der Waals surface area contributed by atoms with Crippen LogP contribution in [0.3, 0.4) is 0 Å². The lowest BCUT2D eigenvalue weighted by atomic mass is 10.2. The summed E-state index contributed by atoms with van der Waals surface area (Å²) in [5.41, 5.74) is 0.919. The van der Waals surface area contributed by atoms with Crippen molar-refractivity contribution >= 4 is 7.60 Å². The van der Waals surface area contributed by atoms with Gasteiger partial charge in [-0.05, 0) is 25.5 Å². The first kappa shape index (κ1) is 12.4. The van der Waals surface area contributed by atoms with Crippen LogP contribution in [0, 0.1) is 6.07 Å². The van der Waals surface area contributed by atoms with Crippen LogP contribution in [0.2, 0.25) is 0 Å². The summed E-state index contributed by atoms with van der Waals surface area (Å²) in [6, 6.07) is 10.3. The molecule has 0 saturated heterocycles. The van der Waals surface area contributed by atoms with Gasteiger partial charge in [0, 0.05) is 0 Å². The smallest absolute Gasteiger partial charge is 0.309 e. The molecule has 0 fully saturated rings. The lowest BCUT2D eigenvalue weighted by Crippen LogP contribution is -1.98. The van der Waals surface area contributed by atoms with Crippen molar-refractivity contribution in [3.05, 3.63) is 35.9 Å². The summed E-state index contributed by atoms with van der Waals surface area (Å²) in [5.74, 6) is 0. The normalized spacial score (nSPS) is 11.6. The van der Waals surface area contributed by atoms with Crippen molar-refractivity contribution in [2.45, 2.75) is 20.0 Å². The van der Waals surface area contributed by atoms with E-state index in [2.05, 4.69) is 6.07 Å². The van der Waals surface area contributed by atoms with Crippen LogP contribution in [0.15, 0.2) is 24.3 Å². The quantitative estimate of drug-likeness (QED) is 0.700. The predicted octanol–water partition coefficient (Wildman–Crippen LogP) is 3.25. The lowest BCUT2D eigenvalue weighted by molar-refractivity contribution is 0.219. The summed E-state index contributed by atoms with van der Waals surface area (Å²) >= 11 is 0. The average molecular weight is 227 g/mol. The van der Waals surface area contributed by atoms with Crippen LogP contribution < -0.4 is 0 Å². The molecule has 0 heterocycles. The van der Waals surface area contributed by atoms with E-state index in [1.54, 1.807) is 12.1 Å². The Balaban J connectivity index is 2.71. The first-order valence-electron chi connectivity index (χ1n) is 5.03. The van der Waals surface area contributed by atoms with Crippen LogP contribution in [0.5, 0.6) is 0 Å². The highest BCUT2D eigenvalue weighted by Crippen LogP contribution is 2.51. The standard InChI is InChI=1S/C11H16O3P/c1-3-13-15(12,14-4-2)10-11-8-6-5-7-9-11/h5-6,8-9H,3-4,10H2,1-2H3. The van der Waals surface area contributed by atoms with Gasteiger partial charge in [0.05, 0.1) is 19.4 Å². The molecule has 0 aliphatic heterocycles. The third-order valence-electron chi connectivity index (χ3n) is 1.80. The monoisotopic (exact) mass is 227 g/mol. The van der Waals surface area contributed by atoms with Crippen molar-refractivity contribution in [1.29, 1.82) is 0 Å². The zero-order valence-corrected chi connectivity index (χ0v) is 10.00. The molecule has 83 valence electrons. The number of hydrogen-bond donors (Lipinski definition) is 0. The Labute approximate surface area is 90.9 Å². The maximum atomic E-state index is 12.1.